The molecule has 0 aliphatic rings. The molecular formula is C19H27N3O4S2. The zero-order valence-electron chi connectivity index (χ0n) is 16.3. The minimum Gasteiger partial charge on any atom is -0.385 e. The van der Waals surface area contributed by atoms with Crippen molar-refractivity contribution in [1.82, 2.24) is 15.2 Å². The Kier molecular flexibility index (Phi) is 10.1. The molecule has 2 aromatic heterocycles. The zero-order chi connectivity index (χ0) is 20.2. The molecule has 0 unspecified atom stereocenters. The van der Waals surface area contributed by atoms with Crippen LogP contribution in [-0.2, 0) is 27.2 Å². The summed E-state index contributed by atoms with van der Waals surface area (Å²) < 4.78 is 10.1. The maximum absolute atomic E-state index is 12.7. The van der Waals surface area contributed by atoms with Gasteiger partial charge in [0.25, 0.3) is 5.91 Å². The van der Waals surface area contributed by atoms with E-state index in [0.29, 0.717) is 45.0 Å². The smallest absolute Gasteiger partial charge is 0.270 e. The van der Waals surface area contributed by atoms with E-state index >= 15 is 0 Å². The fourth-order valence-electron chi connectivity index (χ4n) is 2.53. The first-order valence-electron chi connectivity index (χ1n) is 9.14. The van der Waals surface area contributed by atoms with Crippen molar-refractivity contribution in [2.75, 3.05) is 40.5 Å². The van der Waals surface area contributed by atoms with E-state index in [2.05, 4.69) is 10.3 Å². The van der Waals surface area contributed by atoms with Crippen molar-refractivity contribution in [3.63, 3.8) is 0 Å². The molecule has 0 spiro atoms. The van der Waals surface area contributed by atoms with Gasteiger partial charge in [0.1, 0.15) is 10.7 Å². The van der Waals surface area contributed by atoms with Gasteiger partial charge in [0, 0.05) is 50.8 Å². The Balaban J connectivity index is 1.94. The lowest BCUT2D eigenvalue weighted by atomic mass is 10.3. The van der Waals surface area contributed by atoms with E-state index in [-0.39, 0.29) is 11.8 Å². The highest BCUT2D eigenvalue weighted by Gasteiger charge is 2.18. The van der Waals surface area contributed by atoms with Crippen molar-refractivity contribution < 1.29 is 19.1 Å². The van der Waals surface area contributed by atoms with Gasteiger partial charge in [-0.1, -0.05) is 6.07 Å². The molecule has 0 aliphatic heterocycles. The molecule has 2 amide bonds. The predicted molar refractivity (Wildman–Crippen MR) is 111 cm³/mol. The molecule has 7 nitrogen and oxygen atoms in total. The van der Waals surface area contributed by atoms with Gasteiger partial charge >= 0.3 is 0 Å². The summed E-state index contributed by atoms with van der Waals surface area (Å²) in [5.41, 5.74) is 0.389. The summed E-state index contributed by atoms with van der Waals surface area (Å²) in [6.07, 6.45) is 1.89. The summed E-state index contributed by atoms with van der Waals surface area (Å²) in [6.45, 7) is 2.73. The molecule has 154 valence electrons. The maximum Gasteiger partial charge on any atom is 0.270 e. The number of thiazole rings is 1. The van der Waals surface area contributed by atoms with Crippen LogP contribution in [-0.4, -0.2) is 62.2 Å². The van der Waals surface area contributed by atoms with Crippen LogP contribution in [0.5, 0.6) is 0 Å². The Bertz CT molecular complexity index is 719. The Labute approximate surface area is 173 Å². The first kappa shape index (κ1) is 22.5. The monoisotopic (exact) mass is 425 g/mol. The Morgan fingerprint density at radius 1 is 1.18 bits per heavy atom. The molecule has 0 aromatic carbocycles. The van der Waals surface area contributed by atoms with Crippen LogP contribution in [0.1, 0.15) is 33.2 Å². The molecule has 0 aliphatic carbocycles. The van der Waals surface area contributed by atoms with Crippen LogP contribution in [0, 0.1) is 0 Å². The average Bonchev–Trinajstić information content (AvgIpc) is 3.36. The molecular weight excluding hydrogens is 398 g/mol. The highest BCUT2D eigenvalue weighted by Crippen LogP contribution is 2.16. The van der Waals surface area contributed by atoms with Gasteiger partial charge in [0.15, 0.2) is 0 Å². The quantitative estimate of drug-likeness (QED) is 0.499. The Morgan fingerprint density at radius 2 is 1.96 bits per heavy atom. The molecule has 0 radical (unpaired) electrons. The average molecular weight is 426 g/mol. The molecule has 0 saturated heterocycles. The van der Waals surface area contributed by atoms with Crippen LogP contribution >= 0.6 is 22.7 Å². The second kappa shape index (κ2) is 12.6. The van der Waals surface area contributed by atoms with E-state index in [1.54, 1.807) is 35.8 Å². The van der Waals surface area contributed by atoms with Crippen LogP contribution in [0.3, 0.4) is 0 Å². The van der Waals surface area contributed by atoms with Crippen molar-refractivity contribution in [3.8, 4) is 0 Å². The molecule has 28 heavy (non-hydrogen) atoms. The minimum absolute atomic E-state index is 0.0549. The standard InChI is InChI=1S/C19H27N3O4S2/c1-25-9-4-7-20-19(24)16-14-28-17(21-16)13-22(8-5-10-26-2)18(23)12-15-6-3-11-27-15/h3,6,11,14H,4-5,7-10,12-13H2,1-2H3,(H,20,24). The predicted octanol–water partition coefficient (Wildman–Crippen LogP) is 2.58. The number of methoxy groups -OCH3 is 2. The van der Waals surface area contributed by atoms with Crippen molar-refractivity contribution >= 4 is 34.5 Å². The lowest BCUT2D eigenvalue weighted by Crippen LogP contribution is -2.33. The molecule has 2 rings (SSSR count). The van der Waals surface area contributed by atoms with Crippen molar-refractivity contribution in [2.24, 2.45) is 0 Å². The summed E-state index contributed by atoms with van der Waals surface area (Å²) in [5.74, 6) is -0.145. The summed E-state index contributed by atoms with van der Waals surface area (Å²) in [7, 11) is 3.28. The zero-order valence-corrected chi connectivity index (χ0v) is 17.9. The number of rotatable bonds is 13. The number of ether oxygens (including phenoxy) is 2. The summed E-state index contributed by atoms with van der Waals surface area (Å²) >= 11 is 2.97. The van der Waals surface area contributed by atoms with E-state index < -0.39 is 0 Å². The second-order valence-corrected chi connectivity index (χ2v) is 8.12. The van der Waals surface area contributed by atoms with E-state index in [1.807, 2.05) is 17.5 Å². The van der Waals surface area contributed by atoms with Crippen LogP contribution in [0.25, 0.3) is 0 Å². The van der Waals surface area contributed by atoms with E-state index in [9.17, 15) is 9.59 Å². The first-order valence-corrected chi connectivity index (χ1v) is 10.9. The summed E-state index contributed by atoms with van der Waals surface area (Å²) in [6, 6.07) is 3.91. The lowest BCUT2D eigenvalue weighted by Gasteiger charge is -2.21. The SMILES string of the molecule is COCCCNC(=O)c1csc(CN(CCCOC)C(=O)Cc2cccs2)n1. The summed E-state index contributed by atoms with van der Waals surface area (Å²) in [4.78, 5) is 32.1. The van der Waals surface area contributed by atoms with Gasteiger partial charge in [-0.05, 0) is 24.3 Å². The van der Waals surface area contributed by atoms with Crippen LogP contribution in [0.4, 0.5) is 0 Å². The number of thiophene rings is 1. The Morgan fingerprint density at radius 3 is 2.68 bits per heavy atom. The number of hydrogen-bond donors (Lipinski definition) is 1. The third kappa shape index (κ3) is 7.67. The highest BCUT2D eigenvalue weighted by molar-refractivity contribution is 7.10. The number of nitrogens with one attached hydrogen (secondary N) is 1. The number of aromatic nitrogens is 1. The van der Waals surface area contributed by atoms with Crippen molar-refractivity contribution in [2.45, 2.75) is 25.8 Å². The molecule has 0 bridgehead atoms. The third-order valence-electron chi connectivity index (χ3n) is 3.96. The van der Waals surface area contributed by atoms with E-state index in [0.717, 1.165) is 22.7 Å². The fraction of sp³-hybridized carbons (Fsp3) is 0.526. The lowest BCUT2D eigenvalue weighted by molar-refractivity contribution is -0.131. The maximum atomic E-state index is 12.7. The number of carbonyl (C=O) groups is 2. The highest BCUT2D eigenvalue weighted by atomic mass is 32.1. The van der Waals surface area contributed by atoms with Crippen LogP contribution < -0.4 is 5.32 Å². The van der Waals surface area contributed by atoms with Gasteiger partial charge in [-0.15, -0.1) is 22.7 Å². The molecule has 0 atom stereocenters. The third-order valence-corrected chi connectivity index (χ3v) is 5.67. The van der Waals surface area contributed by atoms with Gasteiger partial charge in [-0.3, -0.25) is 9.59 Å². The number of carbonyl (C=O) groups excluding carboxylic acids is 2. The van der Waals surface area contributed by atoms with Gasteiger partial charge in [0.2, 0.25) is 5.91 Å². The van der Waals surface area contributed by atoms with E-state index in [4.69, 9.17) is 9.47 Å². The molecule has 0 saturated carbocycles. The van der Waals surface area contributed by atoms with Crippen molar-refractivity contribution in [1.29, 1.82) is 0 Å². The number of nitrogens with zero attached hydrogens (tertiary/aromatic N) is 2. The molecule has 2 aromatic rings. The molecule has 9 heteroatoms. The Hall–Kier alpha value is -1.81. The van der Waals surface area contributed by atoms with Crippen LogP contribution in [0.2, 0.25) is 0 Å². The minimum atomic E-state index is -0.200. The topological polar surface area (TPSA) is 80.8 Å². The molecule has 0 fully saturated rings. The van der Waals surface area contributed by atoms with Gasteiger partial charge < -0.3 is 19.7 Å². The summed E-state index contributed by atoms with van der Waals surface area (Å²) in [5, 5.41) is 7.28. The fourth-order valence-corrected chi connectivity index (χ4v) is 4.01. The number of hydrogen-bond acceptors (Lipinski definition) is 7. The van der Waals surface area contributed by atoms with Crippen molar-refractivity contribution in [3.05, 3.63) is 38.5 Å². The van der Waals surface area contributed by atoms with Crippen LogP contribution in [0.15, 0.2) is 22.9 Å². The van der Waals surface area contributed by atoms with E-state index in [1.165, 1.54) is 11.3 Å². The van der Waals surface area contributed by atoms with Gasteiger partial charge in [-0.25, -0.2) is 4.98 Å². The largest absolute Gasteiger partial charge is 0.385 e. The molecule has 2 heterocycles. The van der Waals surface area contributed by atoms with Gasteiger partial charge in [-0.2, -0.15) is 0 Å². The normalized spacial score (nSPS) is 10.8. The number of amides is 2. The van der Waals surface area contributed by atoms with Gasteiger partial charge in [0.05, 0.1) is 13.0 Å². The molecule has 1 N–H and O–H groups in total. The first-order chi connectivity index (χ1) is 13.6. The second-order valence-electron chi connectivity index (χ2n) is 6.15.